The molecule has 0 aliphatic carbocycles. The molecule has 5 rings (SSSR count). The van der Waals surface area contributed by atoms with Crippen molar-refractivity contribution < 1.29 is 9.59 Å². The van der Waals surface area contributed by atoms with Crippen LogP contribution in [0.3, 0.4) is 0 Å². The Morgan fingerprint density at radius 2 is 1.67 bits per heavy atom. The molecule has 0 spiro atoms. The number of piperazine rings is 1. The molecule has 1 aliphatic rings. The minimum absolute atomic E-state index is 0.0450. The molecule has 0 bridgehead atoms. The van der Waals surface area contributed by atoms with Gasteiger partial charge in [0.05, 0.1) is 11.1 Å². The van der Waals surface area contributed by atoms with Crippen molar-refractivity contribution in [1.82, 2.24) is 14.9 Å². The van der Waals surface area contributed by atoms with Gasteiger partial charge in [0.2, 0.25) is 5.91 Å². The lowest BCUT2D eigenvalue weighted by Gasteiger charge is -2.35. The summed E-state index contributed by atoms with van der Waals surface area (Å²) >= 11 is 2.91. The van der Waals surface area contributed by atoms with Crippen LogP contribution >= 0.6 is 23.1 Å². The van der Waals surface area contributed by atoms with E-state index in [-0.39, 0.29) is 11.7 Å². The van der Waals surface area contributed by atoms with E-state index in [1.54, 1.807) is 11.3 Å². The number of fused-ring (bicyclic) bond motifs is 1. The molecule has 36 heavy (non-hydrogen) atoms. The molecule has 4 aromatic rings. The minimum atomic E-state index is -0.394. The quantitative estimate of drug-likeness (QED) is 0.287. The van der Waals surface area contributed by atoms with Gasteiger partial charge in [0.25, 0.3) is 5.91 Å². The fraction of sp³-hybridized carbons (Fsp3) is 0.259. The SMILES string of the molecule is CCc1cc2c(N3CCN(C(=O)c4ccc(-c5ccccc5)cc4)CC3)nc(SCC(N)=O)nc2s1. The smallest absolute Gasteiger partial charge is 0.253 e. The first kappa shape index (κ1) is 24.3. The zero-order valence-electron chi connectivity index (χ0n) is 20.0. The predicted molar refractivity (Wildman–Crippen MR) is 147 cm³/mol. The summed E-state index contributed by atoms with van der Waals surface area (Å²) in [6.07, 6.45) is 0.926. The highest BCUT2D eigenvalue weighted by atomic mass is 32.2. The number of carbonyl (C=O) groups excluding carboxylic acids is 2. The maximum atomic E-state index is 13.2. The lowest BCUT2D eigenvalue weighted by atomic mass is 10.0. The molecule has 0 radical (unpaired) electrons. The van der Waals surface area contributed by atoms with E-state index in [9.17, 15) is 9.59 Å². The summed E-state index contributed by atoms with van der Waals surface area (Å²) in [4.78, 5) is 40.2. The summed E-state index contributed by atoms with van der Waals surface area (Å²) in [5.74, 6) is 0.655. The summed E-state index contributed by atoms with van der Waals surface area (Å²) in [6, 6.07) is 20.1. The molecule has 1 aliphatic heterocycles. The first-order valence-corrected chi connectivity index (χ1v) is 13.7. The Morgan fingerprint density at radius 3 is 2.33 bits per heavy atom. The van der Waals surface area contributed by atoms with Crippen molar-refractivity contribution in [2.24, 2.45) is 5.73 Å². The number of thioether (sulfide) groups is 1. The van der Waals surface area contributed by atoms with Gasteiger partial charge in [0.1, 0.15) is 10.6 Å². The van der Waals surface area contributed by atoms with Crippen LogP contribution in [0.1, 0.15) is 22.2 Å². The number of rotatable bonds is 7. The largest absolute Gasteiger partial charge is 0.369 e. The van der Waals surface area contributed by atoms with Crippen molar-refractivity contribution >= 4 is 50.9 Å². The van der Waals surface area contributed by atoms with Gasteiger partial charge in [-0.15, -0.1) is 11.3 Å². The Hall–Kier alpha value is -3.43. The van der Waals surface area contributed by atoms with Gasteiger partial charge < -0.3 is 15.5 Å². The van der Waals surface area contributed by atoms with E-state index in [2.05, 4.69) is 35.0 Å². The van der Waals surface area contributed by atoms with Crippen molar-refractivity contribution in [3.05, 3.63) is 71.1 Å². The highest BCUT2D eigenvalue weighted by Gasteiger charge is 2.25. The molecule has 2 amide bonds. The topological polar surface area (TPSA) is 92.4 Å². The van der Waals surface area contributed by atoms with Gasteiger partial charge >= 0.3 is 0 Å². The molecule has 2 aromatic carbocycles. The molecule has 3 heterocycles. The van der Waals surface area contributed by atoms with Gasteiger partial charge in [-0.3, -0.25) is 9.59 Å². The van der Waals surface area contributed by atoms with Crippen LogP contribution in [0.2, 0.25) is 0 Å². The zero-order valence-corrected chi connectivity index (χ0v) is 21.6. The van der Waals surface area contributed by atoms with Gasteiger partial charge in [-0.05, 0) is 35.7 Å². The Morgan fingerprint density at radius 1 is 0.972 bits per heavy atom. The number of aryl methyl sites for hydroxylation is 1. The average molecular weight is 518 g/mol. The van der Waals surface area contributed by atoms with Gasteiger partial charge in [-0.2, -0.15) is 0 Å². The van der Waals surface area contributed by atoms with Gasteiger partial charge in [0, 0.05) is 36.6 Å². The molecule has 2 aromatic heterocycles. The zero-order chi connectivity index (χ0) is 25.1. The second kappa shape index (κ2) is 10.7. The van der Waals surface area contributed by atoms with Gasteiger partial charge in [-0.1, -0.05) is 61.2 Å². The fourth-order valence-corrected chi connectivity index (χ4v) is 5.89. The molecule has 184 valence electrons. The number of thiophene rings is 1. The van der Waals surface area contributed by atoms with Crippen LogP contribution in [-0.4, -0.2) is 58.6 Å². The molecule has 1 fully saturated rings. The number of primary amides is 1. The molecular weight excluding hydrogens is 490 g/mol. The molecular formula is C27H27N5O2S2. The molecule has 0 unspecified atom stereocenters. The monoisotopic (exact) mass is 517 g/mol. The number of nitrogens with zero attached hydrogens (tertiary/aromatic N) is 4. The summed E-state index contributed by atoms with van der Waals surface area (Å²) in [6.45, 7) is 4.70. The first-order chi connectivity index (χ1) is 17.5. The number of carbonyl (C=O) groups is 2. The third-order valence-electron chi connectivity index (χ3n) is 6.20. The number of anilines is 1. The summed E-state index contributed by atoms with van der Waals surface area (Å²) in [5, 5.41) is 1.58. The van der Waals surface area contributed by atoms with Gasteiger partial charge in [0.15, 0.2) is 5.16 Å². The highest BCUT2D eigenvalue weighted by molar-refractivity contribution is 7.99. The van der Waals surface area contributed by atoms with Crippen molar-refractivity contribution in [1.29, 1.82) is 0 Å². The maximum absolute atomic E-state index is 13.2. The Labute approximate surface area is 218 Å². The number of amides is 2. The lowest BCUT2D eigenvalue weighted by Crippen LogP contribution is -2.49. The molecule has 0 saturated carbocycles. The number of hydrogen-bond acceptors (Lipinski definition) is 7. The van der Waals surface area contributed by atoms with E-state index in [0.29, 0.717) is 36.9 Å². The van der Waals surface area contributed by atoms with Crippen molar-refractivity contribution in [2.45, 2.75) is 18.5 Å². The van der Waals surface area contributed by atoms with Crippen LogP contribution in [0, 0.1) is 0 Å². The van der Waals surface area contributed by atoms with Gasteiger partial charge in [-0.25, -0.2) is 9.97 Å². The van der Waals surface area contributed by atoms with E-state index in [1.165, 1.54) is 16.6 Å². The standard InChI is InChI=1S/C27H27N5O2S2/c1-2-21-16-22-24(29-27(30-25(22)36-21)35-17-23(28)33)31-12-14-32(15-13-31)26(34)20-10-8-19(9-11-20)18-6-4-3-5-7-18/h3-11,16H,2,12-15,17H2,1H3,(H2,28,33). The van der Waals surface area contributed by atoms with E-state index in [1.807, 2.05) is 47.4 Å². The van der Waals surface area contributed by atoms with Crippen molar-refractivity contribution in [2.75, 3.05) is 36.8 Å². The number of aromatic nitrogens is 2. The molecule has 2 N–H and O–H groups in total. The summed E-state index contributed by atoms with van der Waals surface area (Å²) in [5.41, 5.74) is 8.25. The number of nitrogens with two attached hydrogens (primary N) is 1. The summed E-state index contributed by atoms with van der Waals surface area (Å²) in [7, 11) is 0. The second-order valence-corrected chi connectivity index (χ2v) is 10.7. The lowest BCUT2D eigenvalue weighted by molar-refractivity contribution is -0.115. The van der Waals surface area contributed by atoms with Crippen LogP contribution in [-0.2, 0) is 11.2 Å². The molecule has 0 atom stereocenters. The van der Waals surface area contributed by atoms with E-state index in [4.69, 9.17) is 10.7 Å². The molecule has 9 heteroatoms. The third kappa shape index (κ3) is 5.22. The van der Waals surface area contributed by atoms with E-state index in [0.717, 1.165) is 33.6 Å². The molecule has 7 nitrogen and oxygen atoms in total. The van der Waals surface area contributed by atoms with Crippen LogP contribution in [0.4, 0.5) is 5.82 Å². The predicted octanol–water partition coefficient (Wildman–Crippen LogP) is 4.46. The van der Waals surface area contributed by atoms with Crippen LogP contribution < -0.4 is 10.6 Å². The average Bonchev–Trinajstić information content (AvgIpc) is 3.35. The Bertz CT molecular complexity index is 1380. The van der Waals surface area contributed by atoms with E-state index < -0.39 is 5.91 Å². The third-order valence-corrected chi connectivity index (χ3v) is 8.24. The molecule has 1 saturated heterocycles. The number of benzene rings is 2. The Balaban J connectivity index is 1.30. The number of hydrogen-bond donors (Lipinski definition) is 1. The Kier molecular flexibility index (Phi) is 7.20. The maximum Gasteiger partial charge on any atom is 0.253 e. The summed E-state index contributed by atoms with van der Waals surface area (Å²) < 4.78 is 0. The van der Waals surface area contributed by atoms with Crippen molar-refractivity contribution in [3.8, 4) is 11.1 Å². The highest BCUT2D eigenvalue weighted by Crippen LogP contribution is 2.34. The first-order valence-electron chi connectivity index (χ1n) is 11.9. The minimum Gasteiger partial charge on any atom is -0.369 e. The second-order valence-electron chi connectivity index (χ2n) is 8.59. The van der Waals surface area contributed by atoms with Crippen LogP contribution in [0.25, 0.3) is 21.3 Å². The fourth-order valence-electron chi connectivity index (χ4n) is 4.29. The van der Waals surface area contributed by atoms with Crippen LogP contribution in [0.15, 0.2) is 65.8 Å². The van der Waals surface area contributed by atoms with Crippen molar-refractivity contribution in [3.63, 3.8) is 0 Å². The van der Waals surface area contributed by atoms with Crippen LogP contribution in [0.5, 0.6) is 0 Å². The van der Waals surface area contributed by atoms with E-state index >= 15 is 0 Å². The normalized spacial score (nSPS) is 13.8.